The van der Waals surface area contributed by atoms with Gasteiger partial charge in [0.25, 0.3) is 5.91 Å². The topological polar surface area (TPSA) is 76.6 Å². The second-order valence-corrected chi connectivity index (χ2v) is 6.44. The minimum atomic E-state index is -0.0949. The molecule has 2 aromatic rings. The quantitative estimate of drug-likeness (QED) is 0.888. The van der Waals surface area contributed by atoms with E-state index in [9.17, 15) is 4.79 Å². The first kappa shape index (κ1) is 18.1. The first-order chi connectivity index (χ1) is 12.5. The van der Waals surface area contributed by atoms with Gasteiger partial charge in [-0.3, -0.25) is 4.79 Å². The van der Waals surface area contributed by atoms with Gasteiger partial charge in [0.15, 0.2) is 0 Å². The zero-order valence-corrected chi connectivity index (χ0v) is 15.4. The molecule has 1 aliphatic heterocycles. The minimum Gasteiger partial charge on any atom is -0.491 e. The predicted octanol–water partition coefficient (Wildman–Crippen LogP) is 2.79. The van der Waals surface area contributed by atoms with Gasteiger partial charge in [0, 0.05) is 24.5 Å². The molecule has 0 atom stereocenters. The van der Waals surface area contributed by atoms with Gasteiger partial charge in [0.05, 0.1) is 19.3 Å². The monoisotopic (exact) mass is 356 g/mol. The number of hydrogen-bond acceptors (Lipinski definition) is 6. The molecule has 1 aromatic carbocycles. The number of hydrogen-bond donors (Lipinski definition) is 1. The van der Waals surface area contributed by atoms with Gasteiger partial charge >= 0.3 is 0 Å². The van der Waals surface area contributed by atoms with E-state index >= 15 is 0 Å². The van der Waals surface area contributed by atoms with E-state index in [1.165, 1.54) is 0 Å². The number of carbonyl (C=O) groups is 1. The molecule has 7 nitrogen and oxygen atoms in total. The lowest BCUT2D eigenvalue weighted by atomic mass is 10.2. The van der Waals surface area contributed by atoms with Crippen molar-refractivity contribution in [2.45, 2.75) is 26.9 Å². The van der Waals surface area contributed by atoms with Crippen molar-refractivity contribution in [3.05, 3.63) is 41.7 Å². The Bertz CT molecular complexity index is 756. The summed E-state index contributed by atoms with van der Waals surface area (Å²) < 4.78 is 10.9. The van der Waals surface area contributed by atoms with Crippen molar-refractivity contribution in [1.82, 2.24) is 14.9 Å². The van der Waals surface area contributed by atoms with Gasteiger partial charge in [-0.1, -0.05) is 0 Å². The molecule has 0 bridgehead atoms. The van der Waals surface area contributed by atoms with Crippen LogP contribution in [0.1, 0.15) is 30.0 Å². The highest BCUT2D eigenvalue weighted by molar-refractivity contribution is 5.92. The number of carbonyl (C=O) groups excluding carboxylic acids is 1. The number of ether oxygens (including phenoxy) is 2. The summed E-state index contributed by atoms with van der Waals surface area (Å²) in [6, 6.07) is 9.28. The van der Waals surface area contributed by atoms with Crippen molar-refractivity contribution < 1.29 is 14.3 Å². The number of rotatable bonds is 5. The Labute approximate surface area is 153 Å². The second kappa shape index (κ2) is 8.14. The molecule has 0 aliphatic carbocycles. The Hall–Kier alpha value is -2.67. The summed E-state index contributed by atoms with van der Waals surface area (Å²) in [6.45, 7) is 8.11. The van der Waals surface area contributed by atoms with Gasteiger partial charge in [-0.15, -0.1) is 0 Å². The van der Waals surface area contributed by atoms with E-state index in [-0.39, 0.29) is 12.0 Å². The summed E-state index contributed by atoms with van der Waals surface area (Å²) in [4.78, 5) is 23.2. The maximum Gasteiger partial charge on any atom is 0.272 e. The highest BCUT2D eigenvalue weighted by atomic mass is 16.5. The minimum absolute atomic E-state index is 0.0949. The molecule has 1 amide bonds. The van der Waals surface area contributed by atoms with Crippen molar-refractivity contribution >= 4 is 17.5 Å². The SMILES string of the molecule is Cc1cc(C(=O)N2CCOCC2)nc(Nc2ccc(OC(C)C)cc2)n1. The summed E-state index contributed by atoms with van der Waals surface area (Å²) >= 11 is 0. The van der Waals surface area contributed by atoms with Gasteiger partial charge in [-0.25, -0.2) is 9.97 Å². The van der Waals surface area contributed by atoms with Crippen molar-refractivity contribution in [2.75, 3.05) is 31.6 Å². The molecule has 2 heterocycles. The van der Waals surface area contributed by atoms with Crippen LogP contribution in [0, 0.1) is 6.92 Å². The summed E-state index contributed by atoms with van der Waals surface area (Å²) in [5.74, 6) is 1.11. The molecular formula is C19H24N4O3. The van der Waals surface area contributed by atoms with Crippen LogP contribution in [0.4, 0.5) is 11.6 Å². The average molecular weight is 356 g/mol. The standard InChI is InChI=1S/C19H24N4O3/c1-13(2)26-16-6-4-15(5-7-16)21-19-20-14(3)12-17(22-19)18(24)23-8-10-25-11-9-23/h4-7,12-13H,8-11H2,1-3H3,(H,20,21,22). The molecule has 0 unspecified atom stereocenters. The van der Waals surface area contributed by atoms with E-state index in [1.807, 2.05) is 45.0 Å². The lowest BCUT2D eigenvalue weighted by Gasteiger charge is -2.26. The van der Waals surface area contributed by atoms with Crippen LogP contribution in [-0.4, -0.2) is 53.2 Å². The maximum atomic E-state index is 12.6. The van der Waals surface area contributed by atoms with Crippen molar-refractivity contribution in [2.24, 2.45) is 0 Å². The van der Waals surface area contributed by atoms with Crippen LogP contribution >= 0.6 is 0 Å². The molecule has 0 spiro atoms. The molecule has 1 aromatic heterocycles. The number of aromatic nitrogens is 2. The van der Waals surface area contributed by atoms with Crippen LogP contribution in [0.3, 0.4) is 0 Å². The molecule has 1 N–H and O–H groups in total. The van der Waals surface area contributed by atoms with Crippen LogP contribution in [0.15, 0.2) is 30.3 Å². The van der Waals surface area contributed by atoms with Gasteiger partial charge in [0.2, 0.25) is 5.95 Å². The first-order valence-electron chi connectivity index (χ1n) is 8.78. The van der Waals surface area contributed by atoms with Crippen molar-refractivity contribution in [3.8, 4) is 5.75 Å². The molecule has 1 saturated heterocycles. The lowest BCUT2D eigenvalue weighted by molar-refractivity contribution is 0.0299. The third-order valence-corrected chi connectivity index (χ3v) is 3.85. The van der Waals surface area contributed by atoms with Crippen molar-refractivity contribution in [1.29, 1.82) is 0 Å². The number of nitrogens with one attached hydrogen (secondary N) is 1. The Balaban J connectivity index is 1.74. The number of benzene rings is 1. The van der Waals surface area contributed by atoms with Crippen LogP contribution in [0.2, 0.25) is 0 Å². The molecule has 26 heavy (non-hydrogen) atoms. The maximum absolute atomic E-state index is 12.6. The number of amides is 1. The summed E-state index contributed by atoms with van der Waals surface area (Å²) in [5, 5.41) is 3.15. The Morgan fingerprint density at radius 1 is 1.19 bits per heavy atom. The molecular weight excluding hydrogens is 332 g/mol. The highest BCUT2D eigenvalue weighted by Gasteiger charge is 2.20. The Morgan fingerprint density at radius 3 is 2.54 bits per heavy atom. The number of aryl methyl sites for hydroxylation is 1. The highest BCUT2D eigenvalue weighted by Crippen LogP contribution is 2.20. The number of anilines is 2. The largest absolute Gasteiger partial charge is 0.491 e. The zero-order valence-electron chi connectivity index (χ0n) is 15.4. The van der Waals surface area contributed by atoms with E-state index in [1.54, 1.807) is 11.0 Å². The van der Waals surface area contributed by atoms with E-state index in [4.69, 9.17) is 9.47 Å². The predicted molar refractivity (Wildman–Crippen MR) is 99.0 cm³/mol. The lowest BCUT2D eigenvalue weighted by Crippen LogP contribution is -2.41. The molecule has 7 heteroatoms. The summed E-state index contributed by atoms with van der Waals surface area (Å²) in [5.41, 5.74) is 1.96. The molecule has 0 radical (unpaired) electrons. The average Bonchev–Trinajstić information content (AvgIpc) is 2.62. The van der Waals surface area contributed by atoms with Crippen molar-refractivity contribution in [3.63, 3.8) is 0 Å². The van der Waals surface area contributed by atoms with Gasteiger partial charge in [-0.2, -0.15) is 0 Å². The smallest absolute Gasteiger partial charge is 0.272 e. The fraction of sp³-hybridized carbons (Fsp3) is 0.421. The van der Waals surface area contributed by atoms with Crippen LogP contribution in [0.5, 0.6) is 5.75 Å². The van der Waals surface area contributed by atoms with E-state index in [0.29, 0.717) is 37.9 Å². The second-order valence-electron chi connectivity index (χ2n) is 6.44. The Kier molecular flexibility index (Phi) is 5.68. The van der Waals surface area contributed by atoms with Crippen LogP contribution < -0.4 is 10.1 Å². The Morgan fingerprint density at radius 2 is 1.88 bits per heavy atom. The summed E-state index contributed by atoms with van der Waals surface area (Å²) in [7, 11) is 0. The zero-order chi connectivity index (χ0) is 18.5. The van der Waals surface area contributed by atoms with Gasteiger partial charge in [-0.05, 0) is 51.1 Å². The van der Waals surface area contributed by atoms with Gasteiger partial charge in [0.1, 0.15) is 11.4 Å². The molecule has 3 rings (SSSR count). The third kappa shape index (κ3) is 4.70. The van der Waals surface area contributed by atoms with Crippen LogP contribution in [-0.2, 0) is 4.74 Å². The third-order valence-electron chi connectivity index (χ3n) is 3.85. The normalized spacial score (nSPS) is 14.4. The fourth-order valence-electron chi connectivity index (χ4n) is 2.68. The first-order valence-corrected chi connectivity index (χ1v) is 8.78. The fourth-order valence-corrected chi connectivity index (χ4v) is 2.68. The van der Waals surface area contributed by atoms with E-state index < -0.39 is 0 Å². The summed E-state index contributed by atoms with van der Waals surface area (Å²) in [6.07, 6.45) is 0.127. The van der Waals surface area contributed by atoms with Gasteiger partial charge < -0.3 is 19.7 Å². The number of morpholine rings is 1. The molecule has 0 saturated carbocycles. The van der Waals surface area contributed by atoms with Crippen LogP contribution in [0.25, 0.3) is 0 Å². The molecule has 1 aliphatic rings. The van der Waals surface area contributed by atoms with E-state index in [2.05, 4.69) is 15.3 Å². The van der Waals surface area contributed by atoms with E-state index in [0.717, 1.165) is 17.1 Å². The number of nitrogens with zero attached hydrogens (tertiary/aromatic N) is 3. The molecule has 1 fully saturated rings. The molecule has 138 valence electrons.